The second-order valence-electron chi connectivity index (χ2n) is 6.66. The van der Waals surface area contributed by atoms with E-state index in [1.807, 2.05) is 0 Å². The lowest BCUT2D eigenvalue weighted by atomic mass is 10.3. The SMILES string of the molecule is CC(Sc1nnc(C(F)(F)F)n1C)C(=O)Nc1cccc(S(=O)(=O)N2CCOCC2)c1. The van der Waals surface area contributed by atoms with Gasteiger partial charge >= 0.3 is 6.18 Å². The summed E-state index contributed by atoms with van der Waals surface area (Å²) in [5.74, 6) is -1.69. The van der Waals surface area contributed by atoms with Gasteiger partial charge in [0.05, 0.1) is 23.4 Å². The third kappa shape index (κ3) is 5.37. The number of benzene rings is 1. The number of halogens is 3. The Bertz CT molecular complexity index is 1050. The zero-order valence-electron chi connectivity index (χ0n) is 16.6. The first kappa shape index (κ1) is 23.5. The molecule has 0 aliphatic carbocycles. The van der Waals surface area contributed by atoms with Gasteiger partial charge < -0.3 is 14.6 Å². The highest BCUT2D eigenvalue weighted by atomic mass is 32.2. The number of hydrogen-bond donors (Lipinski definition) is 1. The van der Waals surface area contributed by atoms with E-state index in [-0.39, 0.29) is 28.8 Å². The number of nitrogens with zero attached hydrogens (tertiary/aromatic N) is 4. The van der Waals surface area contributed by atoms with Gasteiger partial charge in [0.2, 0.25) is 21.8 Å². The van der Waals surface area contributed by atoms with E-state index >= 15 is 0 Å². The van der Waals surface area contributed by atoms with Gasteiger partial charge in [-0.15, -0.1) is 10.2 Å². The molecule has 0 saturated carbocycles. The minimum absolute atomic E-state index is 0.0237. The van der Waals surface area contributed by atoms with E-state index < -0.39 is 33.2 Å². The van der Waals surface area contributed by atoms with E-state index in [1.165, 1.54) is 35.5 Å². The van der Waals surface area contributed by atoms with Crippen LogP contribution < -0.4 is 5.32 Å². The van der Waals surface area contributed by atoms with Crippen LogP contribution >= 0.6 is 11.8 Å². The highest BCUT2D eigenvalue weighted by Crippen LogP contribution is 2.31. The summed E-state index contributed by atoms with van der Waals surface area (Å²) in [6.07, 6.45) is -4.65. The largest absolute Gasteiger partial charge is 0.451 e. The molecule has 170 valence electrons. The van der Waals surface area contributed by atoms with Gasteiger partial charge in [0.1, 0.15) is 0 Å². The van der Waals surface area contributed by atoms with Crippen molar-refractivity contribution in [2.75, 3.05) is 31.6 Å². The molecular weight excluding hydrogens is 459 g/mol. The maximum absolute atomic E-state index is 12.8. The lowest BCUT2D eigenvalue weighted by Crippen LogP contribution is -2.40. The lowest BCUT2D eigenvalue weighted by Gasteiger charge is -2.26. The molecule has 2 heterocycles. The van der Waals surface area contributed by atoms with Crippen LogP contribution in [-0.4, -0.2) is 64.9 Å². The van der Waals surface area contributed by atoms with Crippen molar-refractivity contribution < 1.29 is 31.1 Å². The van der Waals surface area contributed by atoms with Gasteiger partial charge in [0.15, 0.2) is 5.16 Å². The molecule has 0 spiro atoms. The smallest absolute Gasteiger partial charge is 0.379 e. The molecular formula is C17H20F3N5O4S2. The molecule has 1 atom stereocenters. The van der Waals surface area contributed by atoms with Crippen LogP contribution in [0.25, 0.3) is 0 Å². The maximum atomic E-state index is 12.8. The van der Waals surface area contributed by atoms with Gasteiger partial charge in [-0.1, -0.05) is 17.8 Å². The quantitative estimate of drug-likeness (QED) is 0.632. The number of carbonyl (C=O) groups excluding carboxylic acids is 1. The first-order valence-corrected chi connectivity index (χ1v) is 11.4. The molecule has 0 radical (unpaired) electrons. The minimum Gasteiger partial charge on any atom is -0.379 e. The van der Waals surface area contributed by atoms with Crippen molar-refractivity contribution in [1.82, 2.24) is 19.1 Å². The summed E-state index contributed by atoms with van der Waals surface area (Å²) in [6, 6.07) is 5.79. The third-order valence-electron chi connectivity index (χ3n) is 4.45. The lowest BCUT2D eigenvalue weighted by molar-refractivity contribution is -0.147. The zero-order chi connectivity index (χ0) is 22.8. The van der Waals surface area contributed by atoms with E-state index in [0.29, 0.717) is 13.2 Å². The Kier molecular flexibility index (Phi) is 6.93. The van der Waals surface area contributed by atoms with Crippen LogP contribution in [0.2, 0.25) is 0 Å². The third-order valence-corrected chi connectivity index (χ3v) is 7.48. The maximum Gasteiger partial charge on any atom is 0.451 e. The summed E-state index contributed by atoms with van der Waals surface area (Å²) in [7, 11) is -2.57. The van der Waals surface area contributed by atoms with Crippen LogP contribution in [0.1, 0.15) is 12.7 Å². The van der Waals surface area contributed by atoms with Gasteiger partial charge in [0.25, 0.3) is 0 Å². The van der Waals surface area contributed by atoms with Gasteiger partial charge in [-0.25, -0.2) is 8.42 Å². The van der Waals surface area contributed by atoms with Crippen LogP contribution in [-0.2, 0) is 32.8 Å². The number of morpholine rings is 1. The predicted octanol–water partition coefficient (Wildman–Crippen LogP) is 1.97. The number of aromatic nitrogens is 3. The Morgan fingerprint density at radius 1 is 1.26 bits per heavy atom. The molecule has 9 nitrogen and oxygen atoms in total. The zero-order valence-corrected chi connectivity index (χ0v) is 18.2. The number of nitrogens with one attached hydrogen (secondary N) is 1. The van der Waals surface area contributed by atoms with E-state index in [1.54, 1.807) is 0 Å². The number of amides is 1. The summed E-state index contributed by atoms with van der Waals surface area (Å²) >= 11 is 0.804. The number of sulfonamides is 1. The Labute approximate surface area is 181 Å². The molecule has 1 aliphatic rings. The van der Waals surface area contributed by atoms with Crippen molar-refractivity contribution in [1.29, 1.82) is 0 Å². The number of thioether (sulfide) groups is 1. The highest BCUT2D eigenvalue weighted by Gasteiger charge is 2.38. The molecule has 14 heteroatoms. The Morgan fingerprint density at radius 3 is 2.55 bits per heavy atom. The van der Waals surface area contributed by atoms with Crippen LogP contribution in [0.4, 0.5) is 18.9 Å². The Morgan fingerprint density at radius 2 is 1.94 bits per heavy atom. The van der Waals surface area contributed by atoms with Gasteiger partial charge in [-0.05, 0) is 25.1 Å². The second kappa shape index (κ2) is 9.14. The van der Waals surface area contributed by atoms with Crippen LogP contribution in [0.3, 0.4) is 0 Å². The van der Waals surface area contributed by atoms with Crippen molar-refractivity contribution in [3.63, 3.8) is 0 Å². The molecule has 0 bridgehead atoms. The van der Waals surface area contributed by atoms with Crippen molar-refractivity contribution in [2.45, 2.75) is 28.4 Å². The van der Waals surface area contributed by atoms with E-state index in [2.05, 4.69) is 15.5 Å². The van der Waals surface area contributed by atoms with E-state index in [4.69, 9.17) is 4.74 Å². The number of carbonyl (C=O) groups is 1. The van der Waals surface area contributed by atoms with E-state index in [0.717, 1.165) is 23.4 Å². The molecule has 1 saturated heterocycles. The average molecular weight is 480 g/mol. The van der Waals surface area contributed by atoms with Gasteiger partial charge in [0, 0.05) is 25.8 Å². The summed E-state index contributed by atoms with van der Waals surface area (Å²) < 4.78 is 71.3. The fourth-order valence-corrected chi connectivity index (χ4v) is 5.06. The van der Waals surface area contributed by atoms with Crippen molar-refractivity contribution >= 4 is 33.4 Å². The molecule has 1 aromatic carbocycles. The van der Waals surface area contributed by atoms with Crippen LogP contribution in [0, 0.1) is 0 Å². The molecule has 3 rings (SSSR count). The number of ether oxygens (including phenoxy) is 1. The average Bonchev–Trinajstić information content (AvgIpc) is 3.09. The highest BCUT2D eigenvalue weighted by molar-refractivity contribution is 8.00. The fraction of sp³-hybridized carbons (Fsp3) is 0.471. The van der Waals surface area contributed by atoms with E-state index in [9.17, 15) is 26.4 Å². The molecule has 1 amide bonds. The van der Waals surface area contributed by atoms with Crippen LogP contribution in [0.5, 0.6) is 0 Å². The Balaban J connectivity index is 1.69. The molecule has 1 N–H and O–H groups in total. The predicted molar refractivity (Wildman–Crippen MR) is 106 cm³/mol. The minimum atomic E-state index is -4.65. The summed E-state index contributed by atoms with van der Waals surface area (Å²) in [4.78, 5) is 12.5. The summed E-state index contributed by atoms with van der Waals surface area (Å²) in [5, 5.41) is 8.31. The standard InChI is InChI=1S/C17H20F3N5O4S2/c1-11(30-16-23-22-15(24(16)2)17(18,19)20)14(26)21-12-4-3-5-13(10-12)31(27,28)25-6-8-29-9-7-25/h3-5,10-11H,6-9H2,1-2H3,(H,21,26). The number of anilines is 1. The van der Waals surface area contributed by atoms with Crippen LogP contribution in [0.15, 0.2) is 34.3 Å². The molecule has 1 aromatic heterocycles. The van der Waals surface area contributed by atoms with Crippen molar-refractivity contribution in [3.8, 4) is 0 Å². The molecule has 2 aromatic rings. The number of hydrogen-bond acceptors (Lipinski definition) is 7. The number of rotatable bonds is 6. The molecule has 1 fully saturated rings. The van der Waals surface area contributed by atoms with Crippen molar-refractivity contribution in [2.24, 2.45) is 7.05 Å². The molecule has 31 heavy (non-hydrogen) atoms. The fourth-order valence-electron chi connectivity index (χ4n) is 2.79. The molecule has 1 unspecified atom stereocenters. The van der Waals surface area contributed by atoms with Gasteiger partial charge in [-0.2, -0.15) is 17.5 Å². The molecule has 1 aliphatic heterocycles. The summed E-state index contributed by atoms with van der Waals surface area (Å²) in [6.45, 7) is 2.59. The number of alkyl halides is 3. The van der Waals surface area contributed by atoms with Crippen molar-refractivity contribution in [3.05, 3.63) is 30.1 Å². The first-order valence-electron chi connectivity index (χ1n) is 9.12. The topological polar surface area (TPSA) is 106 Å². The van der Waals surface area contributed by atoms with Gasteiger partial charge in [-0.3, -0.25) is 4.79 Å². The monoisotopic (exact) mass is 479 g/mol. The normalized spacial score (nSPS) is 16.8. The summed E-state index contributed by atoms with van der Waals surface area (Å²) in [5.41, 5.74) is 0.251. The first-order chi connectivity index (χ1) is 14.5. The Hall–Kier alpha value is -2.16. The second-order valence-corrected chi connectivity index (χ2v) is 9.90.